The first-order valence-corrected chi connectivity index (χ1v) is 5.07. The second-order valence-corrected chi connectivity index (χ2v) is 3.42. The number of nitrogens with one attached hydrogen (secondary N) is 2. The predicted molar refractivity (Wildman–Crippen MR) is 64.0 cm³/mol. The van der Waals surface area contributed by atoms with Gasteiger partial charge >= 0.3 is 0 Å². The number of carbonyl (C=O) groups is 1. The molecule has 18 heavy (non-hydrogen) atoms. The summed E-state index contributed by atoms with van der Waals surface area (Å²) in [6.45, 7) is 0. The molecule has 0 aliphatic heterocycles. The first kappa shape index (κ1) is 11.5. The highest BCUT2D eigenvalue weighted by atomic mass is 16.2. The summed E-state index contributed by atoms with van der Waals surface area (Å²) in [5.41, 5.74) is 0.444. The summed E-state index contributed by atoms with van der Waals surface area (Å²) in [6.07, 6.45) is 0. The van der Waals surface area contributed by atoms with Crippen molar-refractivity contribution in [3.05, 3.63) is 58.0 Å². The number of amides is 1. The summed E-state index contributed by atoms with van der Waals surface area (Å²) in [6, 6.07) is 11.1. The van der Waals surface area contributed by atoms with E-state index in [0.717, 1.165) is 0 Å². The molecule has 0 aliphatic rings. The van der Waals surface area contributed by atoms with E-state index >= 15 is 0 Å². The largest absolute Gasteiger partial charge is 0.319 e. The van der Waals surface area contributed by atoms with E-state index < -0.39 is 5.91 Å². The molecular formula is C12H8N4O2. The van der Waals surface area contributed by atoms with Crippen molar-refractivity contribution in [2.75, 3.05) is 5.32 Å². The van der Waals surface area contributed by atoms with Gasteiger partial charge in [-0.05, 0) is 18.2 Å². The number of carbonyl (C=O) groups excluding carboxylic acids is 1. The van der Waals surface area contributed by atoms with E-state index in [9.17, 15) is 9.59 Å². The molecule has 0 aliphatic carbocycles. The third-order valence-electron chi connectivity index (χ3n) is 2.21. The molecule has 1 aromatic carbocycles. The Labute approximate surface area is 102 Å². The van der Waals surface area contributed by atoms with Crippen molar-refractivity contribution in [3.63, 3.8) is 0 Å². The van der Waals surface area contributed by atoms with E-state index in [1.54, 1.807) is 24.3 Å². The number of rotatable bonds is 2. The van der Waals surface area contributed by atoms with Gasteiger partial charge in [0.25, 0.3) is 11.5 Å². The lowest BCUT2D eigenvalue weighted by atomic mass is 10.2. The molecule has 6 nitrogen and oxygen atoms in total. The summed E-state index contributed by atoms with van der Waals surface area (Å²) in [5, 5.41) is 17.2. The van der Waals surface area contributed by atoms with Gasteiger partial charge in [0.15, 0.2) is 0 Å². The normalized spacial score (nSPS) is 9.50. The number of aromatic nitrogens is 2. The highest BCUT2D eigenvalue weighted by Crippen LogP contribution is 2.14. The van der Waals surface area contributed by atoms with Crippen molar-refractivity contribution in [2.45, 2.75) is 0 Å². The van der Waals surface area contributed by atoms with Crippen molar-refractivity contribution in [2.24, 2.45) is 0 Å². The smallest absolute Gasteiger partial charge is 0.276 e. The number of hydrogen-bond donors (Lipinski definition) is 2. The number of hydrogen-bond acceptors (Lipinski definition) is 4. The summed E-state index contributed by atoms with van der Waals surface area (Å²) in [7, 11) is 0. The molecule has 0 atom stereocenters. The lowest BCUT2D eigenvalue weighted by Crippen LogP contribution is -2.17. The molecule has 2 rings (SSSR count). The van der Waals surface area contributed by atoms with Gasteiger partial charge in [-0.3, -0.25) is 9.59 Å². The quantitative estimate of drug-likeness (QED) is 0.814. The lowest BCUT2D eigenvalue weighted by molar-refractivity contribution is 0.102. The van der Waals surface area contributed by atoms with Crippen LogP contribution in [0.3, 0.4) is 0 Å². The number of aromatic amines is 1. The van der Waals surface area contributed by atoms with Crippen LogP contribution in [0.4, 0.5) is 5.69 Å². The molecule has 0 fully saturated rings. The van der Waals surface area contributed by atoms with E-state index in [2.05, 4.69) is 15.5 Å². The molecule has 2 aromatic rings. The molecule has 0 saturated heterocycles. The number of anilines is 1. The third kappa shape index (κ3) is 2.41. The maximum Gasteiger partial charge on any atom is 0.276 e. The van der Waals surface area contributed by atoms with Gasteiger partial charge < -0.3 is 5.32 Å². The molecular weight excluding hydrogens is 232 g/mol. The van der Waals surface area contributed by atoms with Crippen molar-refractivity contribution in [1.82, 2.24) is 10.2 Å². The number of nitrogens with zero attached hydrogens (tertiary/aromatic N) is 2. The van der Waals surface area contributed by atoms with Crippen molar-refractivity contribution in [3.8, 4) is 6.07 Å². The Balaban J connectivity index is 2.24. The van der Waals surface area contributed by atoms with Crippen LogP contribution in [0.25, 0.3) is 0 Å². The Kier molecular flexibility index (Phi) is 3.16. The van der Waals surface area contributed by atoms with E-state index in [0.29, 0.717) is 11.3 Å². The number of H-pyrrole nitrogens is 1. The lowest BCUT2D eigenvalue weighted by Gasteiger charge is -2.05. The molecule has 1 heterocycles. The van der Waals surface area contributed by atoms with Crippen LogP contribution in [0, 0.1) is 11.3 Å². The molecule has 0 saturated carbocycles. The topological polar surface area (TPSA) is 98.6 Å². The fourth-order valence-corrected chi connectivity index (χ4v) is 1.35. The zero-order chi connectivity index (χ0) is 13.0. The van der Waals surface area contributed by atoms with Gasteiger partial charge in [-0.1, -0.05) is 12.1 Å². The van der Waals surface area contributed by atoms with Gasteiger partial charge in [-0.15, -0.1) is 0 Å². The summed E-state index contributed by atoms with van der Waals surface area (Å²) >= 11 is 0. The van der Waals surface area contributed by atoms with Crippen LogP contribution in [-0.2, 0) is 0 Å². The van der Waals surface area contributed by atoms with Crippen LogP contribution in [0.5, 0.6) is 0 Å². The molecule has 88 valence electrons. The second kappa shape index (κ2) is 4.93. The summed E-state index contributed by atoms with van der Waals surface area (Å²) in [4.78, 5) is 22.6. The van der Waals surface area contributed by atoms with Crippen LogP contribution in [0.2, 0.25) is 0 Å². The monoisotopic (exact) mass is 240 g/mol. The summed E-state index contributed by atoms with van der Waals surface area (Å²) < 4.78 is 0. The molecule has 0 unspecified atom stereocenters. The maximum atomic E-state index is 11.8. The highest BCUT2D eigenvalue weighted by molar-refractivity contribution is 6.03. The minimum absolute atomic E-state index is 0.0716. The van der Waals surface area contributed by atoms with Gasteiger partial charge in [0.05, 0.1) is 11.3 Å². The van der Waals surface area contributed by atoms with E-state index in [1.807, 2.05) is 6.07 Å². The standard InChI is InChI=1S/C12H8N4O2/c13-7-8-3-1-2-4-9(8)14-12(18)10-5-6-11(17)16-15-10/h1-6H,(H,14,18)(H,16,17). The van der Waals surface area contributed by atoms with Crippen molar-refractivity contribution < 1.29 is 4.79 Å². The Morgan fingerprint density at radius 2 is 2.06 bits per heavy atom. The minimum Gasteiger partial charge on any atom is -0.319 e. The van der Waals surface area contributed by atoms with Crippen LogP contribution in [0.15, 0.2) is 41.2 Å². The van der Waals surface area contributed by atoms with Crippen LogP contribution < -0.4 is 10.9 Å². The Morgan fingerprint density at radius 1 is 1.28 bits per heavy atom. The summed E-state index contributed by atoms with van der Waals surface area (Å²) in [5.74, 6) is -0.492. The molecule has 0 spiro atoms. The molecule has 0 radical (unpaired) electrons. The average Bonchev–Trinajstić information content (AvgIpc) is 2.40. The van der Waals surface area contributed by atoms with E-state index in [1.165, 1.54) is 12.1 Å². The molecule has 2 N–H and O–H groups in total. The van der Waals surface area contributed by atoms with Gasteiger partial charge in [-0.2, -0.15) is 10.4 Å². The zero-order valence-corrected chi connectivity index (χ0v) is 9.18. The van der Waals surface area contributed by atoms with Gasteiger partial charge in [-0.25, -0.2) is 5.10 Å². The maximum absolute atomic E-state index is 11.8. The SMILES string of the molecule is N#Cc1ccccc1NC(=O)c1ccc(=O)[nH]n1. The van der Waals surface area contributed by atoms with Crippen molar-refractivity contribution >= 4 is 11.6 Å². The predicted octanol–water partition coefficient (Wildman–Crippen LogP) is 0.894. The van der Waals surface area contributed by atoms with Crippen LogP contribution in [0.1, 0.15) is 16.1 Å². The van der Waals surface area contributed by atoms with Crippen molar-refractivity contribution in [1.29, 1.82) is 5.26 Å². The fourth-order valence-electron chi connectivity index (χ4n) is 1.35. The number of nitriles is 1. The molecule has 0 bridgehead atoms. The van der Waals surface area contributed by atoms with Gasteiger partial charge in [0, 0.05) is 6.07 Å². The Morgan fingerprint density at radius 3 is 2.72 bits per heavy atom. The van der Waals surface area contributed by atoms with Crippen LogP contribution in [-0.4, -0.2) is 16.1 Å². The first-order chi connectivity index (χ1) is 8.70. The van der Waals surface area contributed by atoms with Crippen LogP contribution >= 0.6 is 0 Å². The van der Waals surface area contributed by atoms with E-state index in [4.69, 9.17) is 5.26 Å². The molecule has 6 heteroatoms. The van der Waals surface area contributed by atoms with Gasteiger partial charge in [0.1, 0.15) is 11.8 Å². The highest BCUT2D eigenvalue weighted by Gasteiger charge is 2.09. The third-order valence-corrected chi connectivity index (χ3v) is 2.21. The fraction of sp³-hybridized carbons (Fsp3) is 0. The zero-order valence-electron chi connectivity index (χ0n) is 9.18. The number of benzene rings is 1. The molecule has 1 amide bonds. The average molecular weight is 240 g/mol. The molecule has 1 aromatic heterocycles. The Hall–Kier alpha value is -2.94. The van der Waals surface area contributed by atoms with E-state index in [-0.39, 0.29) is 11.3 Å². The second-order valence-electron chi connectivity index (χ2n) is 3.42. The van der Waals surface area contributed by atoms with Gasteiger partial charge in [0.2, 0.25) is 0 Å². The Bertz CT molecular complexity index is 664. The minimum atomic E-state index is -0.492. The number of para-hydroxylation sites is 1. The first-order valence-electron chi connectivity index (χ1n) is 5.07.